The second-order valence-corrected chi connectivity index (χ2v) is 5.77. The van der Waals surface area contributed by atoms with Gasteiger partial charge in [0.2, 0.25) is 0 Å². The molecule has 3 atom stereocenters. The first-order chi connectivity index (χ1) is 8.63. The first kappa shape index (κ1) is 13.7. The Morgan fingerprint density at radius 1 is 1.39 bits per heavy atom. The van der Waals surface area contributed by atoms with Crippen LogP contribution in [0.4, 0.5) is 5.69 Å². The van der Waals surface area contributed by atoms with E-state index in [1.165, 1.54) is 19.3 Å². The van der Waals surface area contributed by atoms with Crippen molar-refractivity contribution in [3.63, 3.8) is 0 Å². The SMILES string of the molecule is CCC1CCCCC1C(O)c1ccc(Cl)cc1N. The summed E-state index contributed by atoms with van der Waals surface area (Å²) in [5, 5.41) is 11.2. The van der Waals surface area contributed by atoms with E-state index in [0.29, 0.717) is 22.5 Å². The van der Waals surface area contributed by atoms with Gasteiger partial charge in [-0.2, -0.15) is 0 Å². The van der Waals surface area contributed by atoms with E-state index < -0.39 is 6.10 Å². The first-order valence-electron chi connectivity index (χ1n) is 6.86. The summed E-state index contributed by atoms with van der Waals surface area (Å²) >= 11 is 5.90. The highest BCUT2D eigenvalue weighted by Gasteiger charge is 2.31. The summed E-state index contributed by atoms with van der Waals surface area (Å²) in [6.07, 6.45) is 5.51. The number of nitrogen functional groups attached to an aromatic ring is 1. The van der Waals surface area contributed by atoms with Crippen LogP contribution < -0.4 is 5.73 Å². The van der Waals surface area contributed by atoms with Gasteiger partial charge in [0.15, 0.2) is 0 Å². The number of benzene rings is 1. The number of halogens is 1. The normalized spacial score (nSPS) is 25.9. The van der Waals surface area contributed by atoms with Crippen molar-refractivity contribution >= 4 is 17.3 Å². The van der Waals surface area contributed by atoms with E-state index in [1.807, 2.05) is 6.07 Å². The molecular weight excluding hydrogens is 246 g/mol. The van der Waals surface area contributed by atoms with E-state index in [-0.39, 0.29) is 0 Å². The molecule has 0 amide bonds. The van der Waals surface area contributed by atoms with Crippen LogP contribution in [0.1, 0.15) is 50.7 Å². The molecule has 3 N–H and O–H groups in total. The number of rotatable bonds is 3. The minimum Gasteiger partial charge on any atom is -0.398 e. The van der Waals surface area contributed by atoms with Crippen LogP contribution in [-0.4, -0.2) is 5.11 Å². The molecule has 18 heavy (non-hydrogen) atoms. The van der Waals surface area contributed by atoms with Gasteiger partial charge in [0.25, 0.3) is 0 Å². The molecular formula is C15H22ClNO. The van der Waals surface area contributed by atoms with E-state index in [0.717, 1.165) is 18.4 Å². The Morgan fingerprint density at radius 3 is 2.78 bits per heavy atom. The summed E-state index contributed by atoms with van der Waals surface area (Å²) < 4.78 is 0. The summed E-state index contributed by atoms with van der Waals surface area (Å²) in [5.41, 5.74) is 7.42. The fraction of sp³-hybridized carbons (Fsp3) is 0.600. The van der Waals surface area contributed by atoms with E-state index in [1.54, 1.807) is 12.1 Å². The van der Waals surface area contributed by atoms with Gasteiger partial charge >= 0.3 is 0 Å². The summed E-state index contributed by atoms with van der Waals surface area (Å²) in [6.45, 7) is 2.21. The maximum absolute atomic E-state index is 10.6. The molecule has 0 spiro atoms. The minimum absolute atomic E-state index is 0.340. The van der Waals surface area contributed by atoms with E-state index in [4.69, 9.17) is 17.3 Å². The van der Waals surface area contributed by atoms with E-state index in [2.05, 4.69) is 6.92 Å². The molecule has 1 aliphatic carbocycles. The van der Waals surface area contributed by atoms with Gasteiger partial charge in [-0.05, 0) is 30.4 Å². The van der Waals surface area contributed by atoms with Crippen LogP contribution in [0.15, 0.2) is 18.2 Å². The Bertz CT molecular complexity index is 407. The van der Waals surface area contributed by atoms with Crippen LogP contribution in [0.3, 0.4) is 0 Å². The predicted molar refractivity (Wildman–Crippen MR) is 76.6 cm³/mol. The third-order valence-electron chi connectivity index (χ3n) is 4.27. The van der Waals surface area contributed by atoms with Crippen LogP contribution >= 0.6 is 11.6 Å². The van der Waals surface area contributed by atoms with Crippen LogP contribution in [0, 0.1) is 11.8 Å². The second kappa shape index (κ2) is 5.94. The molecule has 1 aliphatic rings. The standard InChI is InChI=1S/C15H22ClNO/c1-2-10-5-3-4-6-12(10)15(18)13-8-7-11(16)9-14(13)17/h7-10,12,15,18H,2-6,17H2,1H3. The van der Waals surface area contributed by atoms with Gasteiger partial charge in [0, 0.05) is 16.3 Å². The molecule has 0 saturated heterocycles. The number of aliphatic hydroxyl groups excluding tert-OH is 1. The van der Waals surface area contributed by atoms with Crippen molar-refractivity contribution in [3.8, 4) is 0 Å². The van der Waals surface area contributed by atoms with Crippen LogP contribution in [0.25, 0.3) is 0 Å². The third-order valence-corrected chi connectivity index (χ3v) is 4.50. The molecule has 1 fully saturated rings. The smallest absolute Gasteiger partial charge is 0.0840 e. The highest BCUT2D eigenvalue weighted by Crippen LogP contribution is 2.41. The molecule has 3 heteroatoms. The van der Waals surface area contributed by atoms with Crippen molar-refractivity contribution in [2.24, 2.45) is 11.8 Å². The zero-order chi connectivity index (χ0) is 13.1. The van der Waals surface area contributed by atoms with E-state index in [9.17, 15) is 5.11 Å². The lowest BCUT2D eigenvalue weighted by Crippen LogP contribution is -2.25. The molecule has 1 aromatic carbocycles. The molecule has 3 unspecified atom stereocenters. The minimum atomic E-state index is -0.451. The zero-order valence-electron chi connectivity index (χ0n) is 10.9. The number of anilines is 1. The summed E-state index contributed by atoms with van der Waals surface area (Å²) in [4.78, 5) is 0. The van der Waals surface area contributed by atoms with Crippen LogP contribution in [0.2, 0.25) is 5.02 Å². The Balaban J connectivity index is 2.20. The lowest BCUT2D eigenvalue weighted by atomic mass is 9.73. The van der Waals surface area contributed by atoms with Gasteiger partial charge in [0.1, 0.15) is 0 Å². The Kier molecular flexibility index (Phi) is 4.52. The number of hydrogen-bond donors (Lipinski definition) is 2. The summed E-state index contributed by atoms with van der Waals surface area (Å²) in [6, 6.07) is 5.40. The van der Waals surface area contributed by atoms with Crippen LogP contribution in [0.5, 0.6) is 0 Å². The summed E-state index contributed by atoms with van der Waals surface area (Å²) in [7, 11) is 0. The van der Waals surface area contributed by atoms with Crippen molar-refractivity contribution in [1.29, 1.82) is 0 Å². The maximum Gasteiger partial charge on any atom is 0.0840 e. The van der Waals surface area contributed by atoms with Crippen molar-refractivity contribution < 1.29 is 5.11 Å². The predicted octanol–water partition coefficient (Wildman–Crippen LogP) is 4.17. The molecule has 0 aliphatic heterocycles. The lowest BCUT2D eigenvalue weighted by Gasteiger charge is -2.35. The van der Waals surface area contributed by atoms with Crippen molar-refractivity contribution in [1.82, 2.24) is 0 Å². The molecule has 0 heterocycles. The maximum atomic E-state index is 10.6. The lowest BCUT2D eigenvalue weighted by molar-refractivity contribution is 0.0457. The third kappa shape index (κ3) is 2.81. The van der Waals surface area contributed by atoms with Crippen molar-refractivity contribution in [2.45, 2.75) is 45.1 Å². The van der Waals surface area contributed by atoms with Crippen molar-refractivity contribution in [3.05, 3.63) is 28.8 Å². The topological polar surface area (TPSA) is 46.2 Å². The monoisotopic (exact) mass is 267 g/mol. The first-order valence-corrected chi connectivity index (χ1v) is 7.24. The van der Waals surface area contributed by atoms with Crippen molar-refractivity contribution in [2.75, 3.05) is 5.73 Å². The Hall–Kier alpha value is -0.730. The average molecular weight is 268 g/mol. The molecule has 2 rings (SSSR count). The molecule has 0 bridgehead atoms. The van der Waals surface area contributed by atoms with Gasteiger partial charge < -0.3 is 10.8 Å². The second-order valence-electron chi connectivity index (χ2n) is 5.33. The Labute approximate surface area is 114 Å². The molecule has 1 saturated carbocycles. The average Bonchev–Trinajstić information content (AvgIpc) is 2.38. The molecule has 1 aromatic rings. The fourth-order valence-corrected chi connectivity index (χ4v) is 3.39. The molecule has 100 valence electrons. The van der Waals surface area contributed by atoms with Gasteiger partial charge in [0.05, 0.1) is 6.10 Å². The van der Waals surface area contributed by atoms with Gasteiger partial charge in [-0.1, -0.05) is 50.3 Å². The zero-order valence-corrected chi connectivity index (χ0v) is 11.7. The van der Waals surface area contributed by atoms with Gasteiger partial charge in [-0.3, -0.25) is 0 Å². The van der Waals surface area contributed by atoms with Gasteiger partial charge in [-0.15, -0.1) is 0 Å². The fourth-order valence-electron chi connectivity index (χ4n) is 3.20. The number of hydrogen-bond acceptors (Lipinski definition) is 2. The molecule has 0 aromatic heterocycles. The largest absolute Gasteiger partial charge is 0.398 e. The summed E-state index contributed by atoms with van der Waals surface area (Å²) in [5.74, 6) is 0.955. The highest BCUT2D eigenvalue weighted by atomic mass is 35.5. The number of nitrogens with two attached hydrogens (primary N) is 1. The van der Waals surface area contributed by atoms with Crippen LogP contribution in [-0.2, 0) is 0 Å². The number of aliphatic hydroxyl groups is 1. The quantitative estimate of drug-likeness (QED) is 0.808. The molecule has 2 nitrogen and oxygen atoms in total. The Morgan fingerprint density at radius 2 is 2.11 bits per heavy atom. The van der Waals surface area contributed by atoms with E-state index >= 15 is 0 Å². The van der Waals surface area contributed by atoms with Gasteiger partial charge in [-0.25, -0.2) is 0 Å². The molecule has 0 radical (unpaired) electrons. The highest BCUT2D eigenvalue weighted by molar-refractivity contribution is 6.30.